The van der Waals surface area contributed by atoms with Crippen molar-refractivity contribution < 1.29 is 19.1 Å². The first-order valence-corrected chi connectivity index (χ1v) is 10.7. The van der Waals surface area contributed by atoms with Crippen LogP contribution in [0.4, 0.5) is 0 Å². The lowest BCUT2D eigenvalue weighted by atomic mass is 9.70. The van der Waals surface area contributed by atoms with E-state index in [2.05, 4.69) is 0 Å². The quantitative estimate of drug-likeness (QED) is 0.388. The number of ether oxygens (including phenoxy) is 2. The Bertz CT molecular complexity index is 675. The minimum Gasteiger partial charge on any atom is -0.459 e. The fourth-order valence-electron chi connectivity index (χ4n) is 4.65. The molecule has 0 aromatic heterocycles. The van der Waals surface area contributed by atoms with Crippen LogP contribution in [0.1, 0.15) is 63.9 Å². The third-order valence-corrected chi connectivity index (χ3v) is 6.32. The van der Waals surface area contributed by atoms with Crippen LogP contribution in [0.25, 0.3) is 0 Å². The van der Waals surface area contributed by atoms with Crippen LogP contribution < -0.4 is 4.74 Å². The highest BCUT2D eigenvalue weighted by molar-refractivity contribution is 5.81. The van der Waals surface area contributed by atoms with E-state index in [1.54, 1.807) is 6.08 Å². The lowest BCUT2D eigenvalue weighted by molar-refractivity contribution is -0.145. The topological polar surface area (TPSA) is 52.6 Å². The molecule has 0 aliphatic heterocycles. The second-order valence-electron chi connectivity index (χ2n) is 8.32. The summed E-state index contributed by atoms with van der Waals surface area (Å²) in [6.45, 7) is 3.84. The van der Waals surface area contributed by atoms with Crippen molar-refractivity contribution in [3.63, 3.8) is 0 Å². The maximum Gasteiger partial charge on any atom is 0.330 e. The molecule has 152 valence electrons. The van der Waals surface area contributed by atoms with Crippen molar-refractivity contribution in [1.29, 1.82) is 0 Å². The van der Waals surface area contributed by atoms with Crippen molar-refractivity contribution in [2.75, 3.05) is 0 Å². The molecule has 0 amide bonds. The van der Waals surface area contributed by atoms with Gasteiger partial charge < -0.3 is 9.47 Å². The van der Waals surface area contributed by atoms with Gasteiger partial charge >= 0.3 is 11.9 Å². The second kappa shape index (κ2) is 9.90. The van der Waals surface area contributed by atoms with Gasteiger partial charge in [0.15, 0.2) is 0 Å². The molecule has 0 spiro atoms. The summed E-state index contributed by atoms with van der Waals surface area (Å²) in [4.78, 5) is 24.0. The normalized spacial score (nSPS) is 28.1. The van der Waals surface area contributed by atoms with Crippen LogP contribution in [0.3, 0.4) is 0 Å². The predicted molar refractivity (Wildman–Crippen MR) is 109 cm³/mol. The summed E-state index contributed by atoms with van der Waals surface area (Å²) in [5, 5.41) is 0. The van der Waals surface area contributed by atoms with Crippen LogP contribution in [0.5, 0.6) is 5.75 Å². The van der Waals surface area contributed by atoms with Crippen molar-refractivity contribution >= 4 is 11.9 Å². The monoisotopic (exact) mass is 384 g/mol. The van der Waals surface area contributed by atoms with Crippen molar-refractivity contribution in [2.24, 2.45) is 17.8 Å². The number of esters is 2. The number of carbonyl (C=O) groups excluding carboxylic acids is 2. The maximum atomic E-state index is 12.5. The molecule has 2 aliphatic carbocycles. The van der Waals surface area contributed by atoms with Gasteiger partial charge in [0, 0.05) is 6.08 Å². The van der Waals surface area contributed by atoms with Gasteiger partial charge in [0.1, 0.15) is 11.9 Å². The number of carbonyl (C=O) groups is 2. The number of aryl methyl sites for hydroxylation is 1. The first-order valence-electron chi connectivity index (χ1n) is 10.7. The minimum atomic E-state index is -0.224. The van der Waals surface area contributed by atoms with Crippen molar-refractivity contribution in [3.05, 3.63) is 42.0 Å². The predicted octanol–water partition coefficient (Wildman–Crippen LogP) is 5.38. The van der Waals surface area contributed by atoms with Crippen LogP contribution in [0.2, 0.25) is 0 Å². The Morgan fingerprint density at radius 1 is 0.893 bits per heavy atom. The van der Waals surface area contributed by atoms with Crippen molar-refractivity contribution in [1.82, 2.24) is 0 Å². The van der Waals surface area contributed by atoms with Crippen LogP contribution >= 0.6 is 0 Å². The Hall–Kier alpha value is -2.10. The van der Waals surface area contributed by atoms with Gasteiger partial charge in [0.25, 0.3) is 0 Å². The van der Waals surface area contributed by atoms with Gasteiger partial charge in [-0.25, -0.2) is 4.79 Å². The summed E-state index contributed by atoms with van der Waals surface area (Å²) in [5.41, 5.74) is 1.16. The van der Waals surface area contributed by atoms with Crippen LogP contribution in [-0.4, -0.2) is 18.0 Å². The summed E-state index contributed by atoms with van der Waals surface area (Å²) in [6.07, 6.45) is 11.5. The molecule has 0 bridgehead atoms. The second-order valence-corrected chi connectivity index (χ2v) is 8.32. The average Bonchev–Trinajstić information content (AvgIpc) is 2.70. The lowest BCUT2D eigenvalue weighted by Crippen LogP contribution is -2.31. The third kappa shape index (κ3) is 5.70. The molecule has 0 N–H and O–H groups in total. The third-order valence-electron chi connectivity index (χ3n) is 6.32. The summed E-state index contributed by atoms with van der Waals surface area (Å²) < 4.78 is 11.1. The van der Waals surface area contributed by atoms with Gasteiger partial charge in [-0.1, -0.05) is 23.8 Å². The van der Waals surface area contributed by atoms with E-state index in [-0.39, 0.29) is 24.0 Å². The maximum absolute atomic E-state index is 12.5. The summed E-state index contributed by atoms with van der Waals surface area (Å²) >= 11 is 0. The largest absolute Gasteiger partial charge is 0.459 e. The van der Waals surface area contributed by atoms with Crippen LogP contribution in [0.15, 0.2) is 36.4 Å². The molecule has 2 saturated carbocycles. The number of hydrogen-bond acceptors (Lipinski definition) is 4. The van der Waals surface area contributed by atoms with E-state index in [4.69, 9.17) is 9.47 Å². The van der Waals surface area contributed by atoms with E-state index >= 15 is 0 Å². The average molecular weight is 385 g/mol. The zero-order valence-corrected chi connectivity index (χ0v) is 17.1. The molecule has 4 nitrogen and oxygen atoms in total. The number of allylic oxidation sites excluding steroid dienone is 1. The van der Waals surface area contributed by atoms with E-state index in [9.17, 15) is 9.59 Å². The van der Waals surface area contributed by atoms with Crippen molar-refractivity contribution in [3.8, 4) is 5.75 Å². The Labute approximate surface area is 168 Å². The van der Waals surface area contributed by atoms with E-state index in [0.29, 0.717) is 17.6 Å². The standard InChI is InChI=1S/C24H32O4/c1-3-4-23(25)27-21-15-11-19(12-16-21)18-7-9-20(10-8-18)24(26)28-22-13-5-17(2)6-14-22/h3-6,13-14,18-21H,7-12,15-16H2,1-2H3. The molecule has 3 rings (SSSR count). The summed E-state index contributed by atoms with van der Waals surface area (Å²) in [5.74, 6) is 1.75. The van der Waals surface area contributed by atoms with E-state index in [1.165, 1.54) is 6.08 Å². The first kappa shape index (κ1) is 20.6. The summed E-state index contributed by atoms with van der Waals surface area (Å²) in [6, 6.07) is 7.65. The minimum absolute atomic E-state index is 0.0238. The highest BCUT2D eigenvalue weighted by atomic mass is 16.5. The molecule has 0 radical (unpaired) electrons. The van der Waals surface area contributed by atoms with E-state index in [1.807, 2.05) is 38.1 Å². The number of rotatable bonds is 5. The van der Waals surface area contributed by atoms with Crippen LogP contribution in [-0.2, 0) is 14.3 Å². The fourth-order valence-corrected chi connectivity index (χ4v) is 4.65. The van der Waals surface area contributed by atoms with Gasteiger partial charge in [-0.05, 0) is 89.2 Å². The highest BCUT2D eigenvalue weighted by Crippen LogP contribution is 2.40. The molecule has 0 unspecified atom stereocenters. The van der Waals surface area contributed by atoms with Gasteiger partial charge in [0.2, 0.25) is 0 Å². The molecule has 1 aromatic carbocycles. The first-order chi connectivity index (χ1) is 13.5. The Morgan fingerprint density at radius 3 is 2.04 bits per heavy atom. The molecule has 4 heteroatoms. The van der Waals surface area contributed by atoms with Gasteiger partial charge in [0.05, 0.1) is 5.92 Å². The van der Waals surface area contributed by atoms with E-state index < -0.39 is 0 Å². The zero-order chi connectivity index (χ0) is 19.9. The zero-order valence-electron chi connectivity index (χ0n) is 17.1. The molecule has 2 fully saturated rings. The molecule has 28 heavy (non-hydrogen) atoms. The molecule has 0 atom stereocenters. The molecular formula is C24H32O4. The number of benzene rings is 1. The Kier molecular flexibility index (Phi) is 7.30. The Morgan fingerprint density at radius 2 is 1.46 bits per heavy atom. The molecule has 0 heterocycles. The van der Waals surface area contributed by atoms with Crippen molar-refractivity contribution in [2.45, 2.75) is 71.3 Å². The lowest BCUT2D eigenvalue weighted by Gasteiger charge is -2.37. The SMILES string of the molecule is CC=CC(=O)OC1CCC(C2CCC(C(=O)Oc3ccc(C)cc3)CC2)CC1. The van der Waals surface area contributed by atoms with Gasteiger partial charge in [-0.15, -0.1) is 0 Å². The molecule has 0 saturated heterocycles. The molecule has 1 aromatic rings. The molecular weight excluding hydrogens is 352 g/mol. The number of hydrogen-bond donors (Lipinski definition) is 0. The summed E-state index contributed by atoms with van der Waals surface area (Å²) in [7, 11) is 0. The Balaban J connectivity index is 1.40. The molecule has 2 aliphatic rings. The van der Waals surface area contributed by atoms with E-state index in [0.717, 1.165) is 56.9 Å². The van der Waals surface area contributed by atoms with Crippen LogP contribution in [0, 0.1) is 24.7 Å². The van der Waals surface area contributed by atoms with Gasteiger partial charge in [-0.2, -0.15) is 0 Å². The van der Waals surface area contributed by atoms with Gasteiger partial charge in [-0.3, -0.25) is 4.79 Å². The fraction of sp³-hybridized carbons (Fsp3) is 0.583. The smallest absolute Gasteiger partial charge is 0.330 e. The highest BCUT2D eigenvalue weighted by Gasteiger charge is 2.34.